The molecule has 1 aliphatic rings. The number of hydrogen-bond donors (Lipinski definition) is 1. The number of piperazine rings is 1. The molecule has 1 amide bonds. The van der Waals surface area contributed by atoms with E-state index in [0.29, 0.717) is 12.1 Å². The van der Waals surface area contributed by atoms with E-state index in [-0.39, 0.29) is 23.6 Å². The molecule has 1 fully saturated rings. The number of nitrogens with one attached hydrogen (secondary N) is 1. The molecule has 1 N–H and O–H groups in total. The van der Waals surface area contributed by atoms with Gasteiger partial charge in [-0.1, -0.05) is 0 Å². The van der Waals surface area contributed by atoms with Crippen LogP contribution in [-0.4, -0.2) is 47.5 Å². The highest BCUT2D eigenvalue weighted by molar-refractivity contribution is 7.99. The highest BCUT2D eigenvalue weighted by atomic mass is 35.5. The Balaban J connectivity index is 0.00000196. The van der Waals surface area contributed by atoms with Gasteiger partial charge in [0.25, 0.3) is 0 Å². The lowest BCUT2D eigenvalue weighted by molar-refractivity contribution is -0.133. The first kappa shape index (κ1) is 15.1. The molecule has 0 radical (unpaired) electrons. The van der Waals surface area contributed by atoms with Gasteiger partial charge in [0, 0.05) is 25.2 Å². The summed E-state index contributed by atoms with van der Waals surface area (Å²) in [5.41, 5.74) is 0. The molecule has 1 saturated heterocycles. The minimum Gasteiger partial charge on any atom is -0.336 e. The standard InChI is InChI=1S/C10H20N2OS.ClH/c1-7-6-12(8(2)5-11-7)10(13)9(3)14-4;/h7-9,11H,5-6H2,1-4H3;1H. The van der Waals surface area contributed by atoms with Crippen molar-refractivity contribution in [2.45, 2.75) is 38.1 Å². The van der Waals surface area contributed by atoms with Crippen LogP contribution in [0.2, 0.25) is 0 Å². The summed E-state index contributed by atoms with van der Waals surface area (Å²) in [6, 6.07) is 0.748. The number of halogens is 1. The fourth-order valence-electron chi connectivity index (χ4n) is 1.66. The van der Waals surface area contributed by atoms with Crippen molar-refractivity contribution in [3.8, 4) is 0 Å². The molecule has 5 heteroatoms. The van der Waals surface area contributed by atoms with Crippen molar-refractivity contribution in [3.63, 3.8) is 0 Å². The van der Waals surface area contributed by atoms with Crippen molar-refractivity contribution < 1.29 is 4.79 Å². The summed E-state index contributed by atoms with van der Waals surface area (Å²) in [6.45, 7) is 7.95. The summed E-state index contributed by atoms with van der Waals surface area (Å²) in [7, 11) is 0. The van der Waals surface area contributed by atoms with Crippen molar-refractivity contribution in [3.05, 3.63) is 0 Å². The van der Waals surface area contributed by atoms with E-state index in [1.54, 1.807) is 11.8 Å². The van der Waals surface area contributed by atoms with Gasteiger partial charge >= 0.3 is 0 Å². The summed E-state index contributed by atoms with van der Waals surface area (Å²) in [5.74, 6) is 0.276. The fraction of sp³-hybridized carbons (Fsp3) is 0.900. The number of nitrogens with zero attached hydrogens (tertiary/aromatic N) is 1. The SMILES string of the molecule is CSC(C)C(=O)N1CC(C)NCC1C.Cl. The molecule has 0 bridgehead atoms. The number of rotatable bonds is 2. The maximum atomic E-state index is 12.0. The van der Waals surface area contributed by atoms with E-state index in [1.807, 2.05) is 18.1 Å². The van der Waals surface area contributed by atoms with E-state index >= 15 is 0 Å². The smallest absolute Gasteiger partial charge is 0.235 e. The zero-order valence-corrected chi connectivity index (χ0v) is 11.5. The van der Waals surface area contributed by atoms with Crippen LogP contribution >= 0.6 is 24.2 Å². The molecule has 1 heterocycles. The number of carbonyl (C=O) groups excluding carboxylic acids is 1. The first-order valence-electron chi connectivity index (χ1n) is 5.13. The molecular formula is C10H21ClN2OS. The Morgan fingerprint density at radius 3 is 2.67 bits per heavy atom. The van der Waals surface area contributed by atoms with E-state index < -0.39 is 0 Å². The Morgan fingerprint density at radius 2 is 2.13 bits per heavy atom. The average molecular weight is 253 g/mol. The zero-order chi connectivity index (χ0) is 10.7. The van der Waals surface area contributed by atoms with Crippen LogP contribution in [0.15, 0.2) is 0 Å². The lowest BCUT2D eigenvalue weighted by Crippen LogP contribution is -2.57. The number of hydrogen-bond acceptors (Lipinski definition) is 3. The zero-order valence-electron chi connectivity index (χ0n) is 9.82. The van der Waals surface area contributed by atoms with Gasteiger partial charge in [0.2, 0.25) is 5.91 Å². The second-order valence-electron chi connectivity index (χ2n) is 4.03. The normalized spacial score (nSPS) is 28.1. The molecule has 3 unspecified atom stereocenters. The molecule has 0 saturated carbocycles. The average Bonchev–Trinajstić information content (AvgIpc) is 2.19. The van der Waals surface area contributed by atoms with Gasteiger partial charge in [-0.3, -0.25) is 4.79 Å². The largest absolute Gasteiger partial charge is 0.336 e. The molecule has 3 nitrogen and oxygen atoms in total. The second kappa shape index (κ2) is 6.61. The lowest BCUT2D eigenvalue weighted by Gasteiger charge is -2.38. The molecule has 0 spiro atoms. The van der Waals surface area contributed by atoms with E-state index in [4.69, 9.17) is 0 Å². The van der Waals surface area contributed by atoms with Gasteiger partial charge in [-0.15, -0.1) is 12.4 Å². The van der Waals surface area contributed by atoms with Crippen molar-refractivity contribution in [1.29, 1.82) is 0 Å². The quantitative estimate of drug-likeness (QED) is 0.806. The molecule has 0 aliphatic carbocycles. The van der Waals surface area contributed by atoms with Gasteiger partial charge in [-0.2, -0.15) is 11.8 Å². The van der Waals surface area contributed by atoms with Crippen molar-refractivity contribution in [1.82, 2.24) is 10.2 Å². The molecule has 15 heavy (non-hydrogen) atoms. The lowest BCUT2D eigenvalue weighted by atomic mass is 10.1. The van der Waals surface area contributed by atoms with Crippen LogP contribution in [0.5, 0.6) is 0 Å². The summed E-state index contributed by atoms with van der Waals surface area (Å²) >= 11 is 1.62. The van der Waals surface area contributed by atoms with Crippen LogP contribution < -0.4 is 5.32 Å². The highest BCUT2D eigenvalue weighted by Gasteiger charge is 2.28. The molecule has 3 atom stereocenters. The van der Waals surface area contributed by atoms with Crippen LogP contribution in [-0.2, 0) is 4.79 Å². The van der Waals surface area contributed by atoms with Crippen LogP contribution in [0, 0.1) is 0 Å². The first-order chi connectivity index (χ1) is 6.56. The molecule has 0 aromatic heterocycles. The van der Waals surface area contributed by atoms with Gasteiger partial charge in [0.05, 0.1) is 5.25 Å². The molecule has 90 valence electrons. The van der Waals surface area contributed by atoms with Crippen molar-refractivity contribution in [2.75, 3.05) is 19.3 Å². The van der Waals surface area contributed by atoms with Crippen LogP contribution in [0.4, 0.5) is 0 Å². The first-order valence-corrected chi connectivity index (χ1v) is 6.41. The predicted octanol–water partition coefficient (Wildman–Crippen LogP) is 1.37. The topological polar surface area (TPSA) is 32.3 Å². The Labute approximate surface area is 103 Å². The van der Waals surface area contributed by atoms with Crippen molar-refractivity contribution in [2.24, 2.45) is 0 Å². The maximum Gasteiger partial charge on any atom is 0.235 e. The Morgan fingerprint density at radius 1 is 1.53 bits per heavy atom. The Hall–Kier alpha value is 0.0700. The Bertz CT molecular complexity index is 216. The van der Waals surface area contributed by atoms with Gasteiger partial charge in [0.1, 0.15) is 0 Å². The Kier molecular flexibility index (Phi) is 6.64. The van der Waals surface area contributed by atoms with E-state index in [1.165, 1.54) is 0 Å². The fourth-order valence-corrected chi connectivity index (χ4v) is 2.00. The molecule has 1 rings (SSSR count). The van der Waals surface area contributed by atoms with Crippen LogP contribution in [0.25, 0.3) is 0 Å². The van der Waals surface area contributed by atoms with Gasteiger partial charge in [-0.05, 0) is 27.0 Å². The second-order valence-corrected chi connectivity index (χ2v) is 5.21. The third kappa shape index (κ3) is 3.85. The van der Waals surface area contributed by atoms with Crippen LogP contribution in [0.3, 0.4) is 0 Å². The van der Waals surface area contributed by atoms with E-state index in [9.17, 15) is 4.79 Å². The summed E-state index contributed by atoms with van der Waals surface area (Å²) < 4.78 is 0. The third-order valence-electron chi connectivity index (χ3n) is 2.75. The van der Waals surface area contributed by atoms with E-state index in [0.717, 1.165) is 13.1 Å². The maximum absolute atomic E-state index is 12.0. The monoisotopic (exact) mass is 252 g/mol. The predicted molar refractivity (Wildman–Crippen MR) is 68.9 cm³/mol. The van der Waals surface area contributed by atoms with Gasteiger partial charge in [-0.25, -0.2) is 0 Å². The molecule has 1 aliphatic heterocycles. The van der Waals surface area contributed by atoms with Gasteiger partial charge in [0.15, 0.2) is 0 Å². The third-order valence-corrected chi connectivity index (χ3v) is 3.66. The van der Waals surface area contributed by atoms with Gasteiger partial charge < -0.3 is 10.2 Å². The number of amides is 1. The minimum atomic E-state index is 0. The molecule has 0 aromatic rings. The van der Waals surface area contributed by atoms with Crippen LogP contribution in [0.1, 0.15) is 20.8 Å². The summed E-state index contributed by atoms with van der Waals surface area (Å²) in [6.07, 6.45) is 1.98. The molecule has 0 aromatic carbocycles. The highest BCUT2D eigenvalue weighted by Crippen LogP contribution is 2.14. The number of carbonyl (C=O) groups is 1. The van der Waals surface area contributed by atoms with E-state index in [2.05, 4.69) is 19.2 Å². The minimum absolute atomic E-state index is 0. The van der Waals surface area contributed by atoms with Crippen molar-refractivity contribution >= 4 is 30.1 Å². The number of thioether (sulfide) groups is 1. The summed E-state index contributed by atoms with van der Waals surface area (Å²) in [5, 5.41) is 3.46. The summed E-state index contributed by atoms with van der Waals surface area (Å²) in [4.78, 5) is 14.0. The molecular weight excluding hydrogens is 232 g/mol.